The van der Waals surface area contributed by atoms with Crippen molar-refractivity contribution in [2.75, 3.05) is 5.75 Å². The fourth-order valence-electron chi connectivity index (χ4n) is 1.95. The summed E-state index contributed by atoms with van der Waals surface area (Å²) in [5, 5.41) is 16.4. The molecule has 2 unspecified atom stereocenters. The molecule has 16 heavy (non-hydrogen) atoms. The molecule has 1 saturated heterocycles. The molecule has 0 radical (unpaired) electrons. The predicted octanol–water partition coefficient (Wildman–Crippen LogP) is 0.825. The highest BCUT2D eigenvalue weighted by Gasteiger charge is 2.33. The van der Waals surface area contributed by atoms with Gasteiger partial charge in [-0.2, -0.15) is 5.10 Å². The second-order valence-corrected chi connectivity index (χ2v) is 5.12. The monoisotopic (exact) mass is 241 g/mol. The van der Waals surface area contributed by atoms with Crippen LogP contribution in [0.5, 0.6) is 0 Å². The van der Waals surface area contributed by atoms with Crippen molar-refractivity contribution < 1.29 is 9.90 Å². The smallest absolute Gasteiger partial charge is 0.321 e. The Balaban J connectivity index is 2.23. The zero-order chi connectivity index (χ0) is 11.9. The Bertz CT molecular complexity index is 430. The van der Waals surface area contributed by atoms with Crippen LogP contribution in [0.2, 0.25) is 0 Å². The summed E-state index contributed by atoms with van der Waals surface area (Å²) in [5.41, 5.74) is 3.18. The first-order valence-corrected chi connectivity index (χ1v) is 6.16. The van der Waals surface area contributed by atoms with Gasteiger partial charge in [0, 0.05) is 24.1 Å². The molecule has 1 aliphatic rings. The van der Waals surface area contributed by atoms with Crippen LogP contribution in [0, 0.1) is 13.8 Å². The van der Waals surface area contributed by atoms with Gasteiger partial charge in [-0.05, 0) is 13.8 Å². The Morgan fingerprint density at radius 1 is 1.62 bits per heavy atom. The minimum atomic E-state index is -0.783. The molecule has 1 aliphatic heterocycles. The van der Waals surface area contributed by atoms with Gasteiger partial charge in [-0.25, -0.2) is 0 Å². The fraction of sp³-hybridized carbons (Fsp3) is 0.600. The third-order valence-corrected chi connectivity index (χ3v) is 4.14. The van der Waals surface area contributed by atoms with E-state index in [0.29, 0.717) is 5.75 Å². The number of carboxylic acids is 1. The van der Waals surface area contributed by atoms with Gasteiger partial charge in [0.25, 0.3) is 0 Å². The molecule has 2 rings (SSSR count). The molecule has 0 saturated carbocycles. The van der Waals surface area contributed by atoms with Crippen LogP contribution in [-0.4, -0.2) is 32.7 Å². The van der Waals surface area contributed by atoms with Crippen LogP contribution >= 0.6 is 11.8 Å². The average molecular weight is 241 g/mol. The van der Waals surface area contributed by atoms with E-state index in [9.17, 15) is 4.79 Å². The summed E-state index contributed by atoms with van der Waals surface area (Å²) in [5.74, 6) is -0.178. The lowest BCUT2D eigenvalue weighted by molar-refractivity contribution is -0.138. The van der Waals surface area contributed by atoms with E-state index in [4.69, 9.17) is 5.11 Å². The maximum absolute atomic E-state index is 10.9. The highest BCUT2D eigenvalue weighted by atomic mass is 32.2. The van der Waals surface area contributed by atoms with E-state index in [0.717, 1.165) is 17.0 Å². The molecule has 0 bridgehead atoms. The lowest BCUT2D eigenvalue weighted by Crippen LogP contribution is -2.33. The van der Waals surface area contributed by atoms with Crippen LogP contribution < -0.4 is 5.32 Å². The Kier molecular flexibility index (Phi) is 2.94. The molecule has 5 nitrogen and oxygen atoms in total. The van der Waals surface area contributed by atoms with E-state index in [1.807, 2.05) is 25.6 Å². The quantitative estimate of drug-likeness (QED) is 0.802. The van der Waals surface area contributed by atoms with Gasteiger partial charge >= 0.3 is 5.97 Å². The van der Waals surface area contributed by atoms with Crippen molar-refractivity contribution in [1.82, 2.24) is 15.1 Å². The normalized spacial score (nSPS) is 24.9. The Hall–Kier alpha value is -1.01. The van der Waals surface area contributed by atoms with E-state index in [1.165, 1.54) is 0 Å². The number of carboxylic acid groups (broad SMARTS) is 1. The summed E-state index contributed by atoms with van der Waals surface area (Å²) in [6.45, 7) is 3.96. The van der Waals surface area contributed by atoms with Crippen LogP contribution in [-0.2, 0) is 11.8 Å². The summed E-state index contributed by atoms with van der Waals surface area (Å²) >= 11 is 1.63. The highest BCUT2D eigenvalue weighted by Crippen LogP contribution is 2.35. The van der Waals surface area contributed by atoms with E-state index >= 15 is 0 Å². The minimum absolute atomic E-state index is 0.0507. The zero-order valence-electron chi connectivity index (χ0n) is 9.52. The number of aryl methyl sites for hydroxylation is 2. The summed E-state index contributed by atoms with van der Waals surface area (Å²) < 4.78 is 1.83. The maximum Gasteiger partial charge on any atom is 0.321 e. The number of carbonyl (C=O) groups is 1. The summed E-state index contributed by atoms with van der Waals surface area (Å²) in [6.07, 6.45) is 0. The number of nitrogens with zero attached hydrogens (tertiary/aromatic N) is 2. The standard InChI is InChI=1S/C10H15N3O2S/c1-5-8(6(2)13(3)12-5)9-11-7(4-16-9)10(14)15/h7,9,11H,4H2,1-3H3,(H,14,15). The molecule has 1 aromatic heterocycles. The van der Waals surface area contributed by atoms with Gasteiger partial charge in [0.15, 0.2) is 0 Å². The third-order valence-electron chi connectivity index (χ3n) is 2.91. The van der Waals surface area contributed by atoms with Gasteiger partial charge < -0.3 is 5.11 Å². The highest BCUT2D eigenvalue weighted by molar-refractivity contribution is 7.99. The van der Waals surface area contributed by atoms with E-state index in [-0.39, 0.29) is 5.37 Å². The number of rotatable bonds is 2. The van der Waals surface area contributed by atoms with E-state index in [1.54, 1.807) is 11.8 Å². The molecule has 88 valence electrons. The lowest BCUT2D eigenvalue weighted by Gasteiger charge is -2.11. The molecule has 0 amide bonds. The molecule has 2 heterocycles. The van der Waals surface area contributed by atoms with Crippen LogP contribution in [0.25, 0.3) is 0 Å². The molecule has 2 N–H and O–H groups in total. The molecular formula is C10H15N3O2S. The van der Waals surface area contributed by atoms with Crippen molar-refractivity contribution in [3.63, 3.8) is 0 Å². The van der Waals surface area contributed by atoms with Crippen molar-refractivity contribution in [3.05, 3.63) is 17.0 Å². The average Bonchev–Trinajstić information content (AvgIpc) is 2.74. The molecule has 1 aromatic rings. The Labute approximate surface area is 98.2 Å². The number of thioether (sulfide) groups is 1. The molecule has 0 aliphatic carbocycles. The molecule has 0 aromatic carbocycles. The number of aliphatic carboxylic acids is 1. The van der Waals surface area contributed by atoms with Crippen LogP contribution in [0.1, 0.15) is 22.3 Å². The predicted molar refractivity (Wildman–Crippen MR) is 62.4 cm³/mol. The van der Waals surface area contributed by atoms with E-state index in [2.05, 4.69) is 10.4 Å². The molecule has 6 heteroatoms. The van der Waals surface area contributed by atoms with Crippen LogP contribution in [0.15, 0.2) is 0 Å². The minimum Gasteiger partial charge on any atom is -0.480 e. The van der Waals surface area contributed by atoms with Crippen molar-refractivity contribution in [1.29, 1.82) is 0 Å². The molecular weight excluding hydrogens is 226 g/mol. The van der Waals surface area contributed by atoms with Gasteiger partial charge in [-0.3, -0.25) is 14.8 Å². The van der Waals surface area contributed by atoms with Gasteiger partial charge in [0.1, 0.15) is 6.04 Å². The second-order valence-electron chi connectivity index (χ2n) is 3.98. The van der Waals surface area contributed by atoms with Gasteiger partial charge in [-0.15, -0.1) is 11.8 Å². The van der Waals surface area contributed by atoms with Crippen LogP contribution in [0.3, 0.4) is 0 Å². The van der Waals surface area contributed by atoms with Crippen LogP contribution in [0.4, 0.5) is 0 Å². The van der Waals surface area contributed by atoms with Crippen molar-refractivity contribution >= 4 is 17.7 Å². The number of aromatic nitrogens is 2. The maximum atomic E-state index is 10.9. The number of hydrogen-bond donors (Lipinski definition) is 2. The first-order valence-electron chi connectivity index (χ1n) is 5.11. The van der Waals surface area contributed by atoms with Gasteiger partial charge in [0.2, 0.25) is 0 Å². The van der Waals surface area contributed by atoms with Crippen molar-refractivity contribution in [2.24, 2.45) is 7.05 Å². The lowest BCUT2D eigenvalue weighted by atomic mass is 10.2. The molecule has 2 atom stereocenters. The zero-order valence-corrected chi connectivity index (χ0v) is 10.3. The summed E-state index contributed by atoms with van der Waals surface area (Å²) in [6, 6.07) is -0.450. The van der Waals surface area contributed by atoms with Crippen molar-refractivity contribution in [3.8, 4) is 0 Å². The summed E-state index contributed by atoms with van der Waals surface area (Å²) in [7, 11) is 1.90. The Morgan fingerprint density at radius 3 is 2.75 bits per heavy atom. The number of hydrogen-bond acceptors (Lipinski definition) is 4. The topological polar surface area (TPSA) is 67.2 Å². The number of nitrogens with one attached hydrogen (secondary N) is 1. The van der Waals surface area contributed by atoms with Gasteiger partial charge in [-0.1, -0.05) is 0 Å². The van der Waals surface area contributed by atoms with Gasteiger partial charge in [0.05, 0.1) is 11.1 Å². The SMILES string of the molecule is Cc1nn(C)c(C)c1C1NC(C(=O)O)CS1. The third kappa shape index (κ3) is 1.82. The fourth-order valence-corrected chi connectivity index (χ4v) is 3.34. The first kappa shape index (κ1) is 11.5. The first-order chi connectivity index (χ1) is 7.50. The van der Waals surface area contributed by atoms with E-state index < -0.39 is 12.0 Å². The van der Waals surface area contributed by atoms with Crippen molar-refractivity contribution in [2.45, 2.75) is 25.3 Å². The Morgan fingerprint density at radius 2 is 2.31 bits per heavy atom. The molecule has 1 fully saturated rings. The molecule has 0 spiro atoms. The second kappa shape index (κ2) is 4.10. The summed E-state index contributed by atoms with van der Waals surface area (Å²) in [4.78, 5) is 10.9. The largest absolute Gasteiger partial charge is 0.480 e.